The fraction of sp³-hybridized carbons (Fsp3) is 0.364. The Labute approximate surface area is 106 Å². The molecule has 1 amide bonds. The van der Waals surface area contributed by atoms with Crippen LogP contribution in [-0.4, -0.2) is 23.4 Å². The summed E-state index contributed by atoms with van der Waals surface area (Å²) >= 11 is 5.79. The van der Waals surface area contributed by atoms with E-state index in [9.17, 15) is 4.79 Å². The van der Waals surface area contributed by atoms with Gasteiger partial charge in [-0.05, 0) is 17.7 Å². The quantitative estimate of drug-likeness (QED) is 0.639. The third-order valence-corrected chi connectivity index (χ3v) is 2.95. The Bertz CT molecular complexity index is 367. The fourth-order valence-corrected chi connectivity index (χ4v) is 1.90. The van der Waals surface area contributed by atoms with E-state index >= 15 is 0 Å². The molecule has 1 aliphatic heterocycles. The van der Waals surface area contributed by atoms with Crippen molar-refractivity contribution in [3.05, 3.63) is 34.9 Å². The first-order chi connectivity index (χ1) is 7.16. The van der Waals surface area contributed by atoms with Crippen LogP contribution in [0.5, 0.6) is 0 Å². The van der Waals surface area contributed by atoms with Crippen molar-refractivity contribution in [2.75, 3.05) is 6.54 Å². The average Bonchev–Trinajstić information content (AvgIpc) is 2.53. The maximum atomic E-state index is 11.6. The summed E-state index contributed by atoms with van der Waals surface area (Å²) in [6, 6.07) is 7.54. The highest BCUT2D eigenvalue weighted by Gasteiger charge is 2.31. The Kier molecular flexibility index (Phi) is 4.59. The molecule has 0 aromatic heterocycles. The van der Waals surface area contributed by atoms with Crippen LogP contribution < -0.4 is 18.1 Å². The number of hydrogen-bond acceptors (Lipinski definition) is 1. The summed E-state index contributed by atoms with van der Waals surface area (Å²) in [5.74, 6) is 0.157. The molecule has 2 rings (SSSR count). The number of hydrogen-bond donors (Lipinski definition) is 1. The lowest BCUT2D eigenvalue weighted by atomic mass is 10.2. The Hall–Kier alpha value is -0.770. The van der Waals surface area contributed by atoms with Gasteiger partial charge in [0, 0.05) is 24.5 Å². The number of benzene rings is 1. The van der Waals surface area contributed by atoms with Crippen LogP contribution in [0.4, 0.5) is 0 Å². The van der Waals surface area contributed by atoms with Crippen molar-refractivity contribution in [3.63, 3.8) is 0 Å². The van der Waals surface area contributed by atoms with Crippen molar-refractivity contribution in [3.8, 4) is 0 Å². The molecule has 1 atom stereocenters. The highest BCUT2D eigenvalue weighted by Crippen LogP contribution is 2.15. The average molecular weight is 261 g/mol. The SMILES string of the molecule is [Cl-].[NH3+][C@H]1CCN(Cc2ccc(Cl)cc2)C1=O. The van der Waals surface area contributed by atoms with E-state index in [1.165, 1.54) is 0 Å². The number of likely N-dealkylation sites (tertiary alicyclic amines) is 1. The van der Waals surface area contributed by atoms with Gasteiger partial charge in [-0.3, -0.25) is 4.79 Å². The maximum absolute atomic E-state index is 11.6. The van der Waals surface area contributed by atoms with E-state index in [1.807, 2.05) is 29.2 Å². The number of nitrogens with zero attached hydrogens (tertiary/aromatic N) is 1. The minimum Gasteiger partial charge on any atom is -1.00 e. The van der Waals surface area contributed by atoms with E-state index in [1.54, 1.807) is 0 Å². The van der Waals surface area contributed by atoms with Crippen LogP contribution in [0.3, 0.4) is 0 Å². The molecule has 0 aliphatic carbocycles. The maximum Gasteiger partial charge on any atom is 0.281 e. The van der Waals surface area contributed by atoms with E-state index < -0.39 is 0 Å². The fourth-order valence-electron chi connectivity index (χ4n) is 1.77. The van der Waals surface area contributed by atoms with Gasteiger partial charge >= 0.3 is 0 Å². The molecule has 1 fully saturated rings. The van der Waals surface area contributed by atoms with Crippen LogP contribution in [0.15, 0.2) is 24.3 Å². The zero-order valence-electron chi connectivity index (χ0n) is 8.83. The normalized spacial score (nSPS) is 19.8. The molecule has 0 spiro atoms. The van der Waals surface area contributed by atoms with Crippen molar-refractivity contribution < 1.29 is 22.9 Å². The molecule has 3 nitrogen and oxygen atoms in total. The first-order valence-electron chi connectivity index (χ1n) is 5.03. The first-order valence-corrected chi connectivity index (χ1v) is 5.41. The predicted molar refractivity (Wildman–Crippen MR) is 58.2 cm³/mol. The molecule has 0 radical (unpaired) electrons. The number of quaternary nitrogens is 1. The summed E-state index contributed by atoms with van der Waals surface area (Å²) in [6.07, 6.45) is 0.867. The number of rotatable bonds is 2. The molecule has 1 aliphatic rings. The standard InChI is InChI=1S/C11H13ClN2O.ClH/c12-9-3-1-8(2-4-9)7-14-6-5-10(13)11(14)15;/h1-4,10H,5-7,13H2;1H/t10-;/m0./s1. The minimum absolute atomic E-state index is 0. The number of halogens is 2. The minimum atomic E-state index is -0.0581. The largest absolute Gasteiger partial charge is 1.00 e. The van der Waals surface area contributed by atoms with Gasteiger partial charge in [0.05, 0.1) is 0 Å². The van der Waals surface area contributed by atoms with Gasteiger partial charge in [0.2, 0.25) is 0 Å². The van der Waals surface area contributed by atoms with E-state index in [0.717, 1.165) is 23.6 Å². The third-order valence-electron chi connectivity index (χ3n) is 2.70. The summed E-state index contributed by atoms with van der Waals surface area (Å²) in [7, 11) is 0. The van der Waals surface area contributed by atoms with Crippen molar-refractivity contribution in [2.45, 2.75) is 19.0 Å². The van der Waals surface area contributed by atoms with Gasteiger partial charge in [0.15, 0.2) is 6.04 Å². The second-order valence-corrected chi connectivity index (χ2v) is 4.31. The van der Waals surface area contributed by atoms with E-state index in [2.05, 4.69) is 5.73 Å². The van der Waals surface area contributed by atoms with Gasteiger partial charge in [-0.2, -0.15) is 0 Å². The number of amides is 1. The lowest BCUT2D eigenvalue weighted by molar-refractivity contribution is -0.401. The van der Waals surface area contributed by atoms with Crippen molar-refractivity contribution in [1.82, 2.24) is 4.90 Å². The predicted octanol–water partition coefficient (Wildman–Crippen LogP) is -2.31. The molecule has 3 N–H and O–H groups in total. The van der Waals surface area contributed by atoms with Gasteiger partial charge in [0.1, 0.15) is 0 Å². The molecule has 1 heterocycles. The van der Waals surface area contributed by atoms with Crippen LogP contribution >= 0.6 is 11.6 Å². The monoisotopic (exact) mass is 260 g/mol. The summed E-state index contributed by atoms with van der Waals surface area (Å²) in [5, 5.41) is 0.724. The molecule has 1 aromatic carbocycles. The van der Waals surface area contributed by atoms with E-state index in [0.29, 0.717) is 6.54 Å². The zero-order valence-corrected chi connectivity index (χ0v) is 10.3. The number of carbonyl (C=O) groups is 1. The van der Waals surface area contributed by atoms with Crippen LogP contribution in [0.1, 0.15) is 12.0 Å². The van der Waals surface area contributed by atoms with Crippen LogP contribution in [0.25, 0.3) is 0 Å². The van der Waals surface area contributed by atoms with Crippen LogP contribution in [0.2, 0.25) is 5.02 Å². The van der Waals surface area contributed by atoms with Crippen LogP contribution in [0, 0.1) is 0 Å². The van der Waals surface area contributed by atoms with Crippen molar-refractivity contribution in [1.29, 1.82) is 0 Å². The Morgan fingerprint density at radius 3 is 2.50 bits per heavy atom. The molecule has 5 heteroatoms. The van der Waals surface area contributed by atoms with Gasteiger partial charge in [-0.15, -0.1) is 0 Å². The molecular formula is C11H14Cl2N2O. The Balaban J connectivity index is 0.00000128. The Morgan fingerprint density at radius 1 is 1.38 bits per heavy atom. The lowest BCUT2D eigenvalue weighted by Gasteiger charge is -2.14. The molecule has 16 heavy (non-hydrogen) atoms. The highest BCUT2D eigenvalue weighted by atomic mass is 35.5. The van der Waals surface area contributed by atoms with E-state index in [-0.39, 0.29) is 24.4 Å². The summed E-state index contributed by atoms with van der Waals surface area (Å²) in [4.78, 5) is 13.5. The molecule has 88 valence electrons. The van der Waals surface area contributed by atoms with Crippen LogP contribution in [-0.2, 0) is 11.3 Å². The highest BCUT2D eigenvalue weighted by molar-refractivity contribution is 6.30. The summed E-state index contributed by atoms with van der Waals surface area (Å²) < 4.78 is 0. The molecular weight excluding hydrogens is 247 g/mol. The molecule has 0 bridgehead atoms. The van der Waals surface area contributed by atoms with Gasteiger partial charge in [0.25, 0.3) is 5.91 Å². The molecule has 1 aromatic rings. The summed E-state index contributed by atoms with van der Waals surface area (Å²) in [5.41, 5.74) is 4.93. The Morgan fingerprint density at radius 2 is 2.00 bits per heavy atom. The third kappa shape index (κ3) is 2.88. The topological polar surface area (TPSA) is 48.0 Å². The molecule has 0 saturated carbocycles. The summed E-state index contributed by atoms with van der Waals surface area (Å²) in [6.45, 7) is 1.48. The second kappa shape index (κ2) is 5.53. The first kappa shape index (κ1) is 13.3. The molecule has 0 unspecified atom stereocenters. The van der Waals surface area contributed by atoms with Gasteiger partial charge in [-0.25, -0.2) is 0 Å². The molecule has 1 saturated heterocycles. The van der Waals surface area contributed by atoms with Gasteiger partial charge in [-0.1, -0.05) is 23.7 Å². The zero-order chi connectivity index (χ0) is 10.8. The van der Waals surface area contributed by atoms with Gasteiger partial charge < -0.3 is 23.0 Å². The van der Waals surface area contributed by atoms with Crippen molar-refractivity contribution >= 4 is 17.5 Å². The lowest BCUT2D eigenvalue weighted by Crippen LogP contribution is -3.00. The number of carbonyl (C=O) groups excluding carboxylic acids is 1. The van der Waals surface area contributed by atoms with E-state index in [4.69, 9.17) is 11.6 Å². The smallest absolute Gasteiger partial charge is 0.281 e. The second-order valence-electron chi connectivity index (χ2n) is 3.87. The van der Waals surface area contributed by atoms with Crippen molar-refractivity contribution in [2.24, 2.45) is 0 Å².